The highest BCUT2D eigenvalue weighted by Gasteiger charge is 2.42. The lowest BCUT2D eigenvalue weighted by molar-refractivity contribution is -0.144. The molecule has 19 heavy (non-hydrogen) atoms. The fourth-order valence-corrected chi connectivity index (χ4v) is 1.29. The van der Waals surface area contributed by atoms with Gasteiger partial charge in [0.05, 0.1) is 7.11 Å². The number of hydrogen-bond acceptors (Lipinski definition) is 5. The van der Waals surface area contributed by atoms with E-state index in [1.807, 2.05) is 0 Å². The minimum atomic E-state index is -4.53. The standard InChI is InChI=1S/C11H9F3N4O/c1-19-8-4-2-7(3-5-8)6-15-10-16-9(17-18-10)11(12,13)14/h2-6,9H,1H3. The van der Waals surface area contributed by atoms with Gasteiger partial charge < -0.3 is 4.74 Å². The Kier molecular flexibility index (Phi) is 3.59. The zero-order chi connectivity index (χ0) is 13.9. The molecule has 1 aliphatic rings. The van der Waals surface area contributed by atoms with Crippen LogP contribution in [0.5, 0.6) is 5.75 Å². The van der Waals surface area contributed by atoms with Crippen LogP contribution in [0.15, 0.2) is 44.5 Å². The third-order valence-electron chi connectivity index (χ3n) is 2.23. The Labute approximate surface area is 106 Å². The number of nitrogens with zero attached hydrogens (tertiary/aromatic N) is 4. The Morgan fingerprint density at radius 2 is 1.95 bits per heavy atom. The second kappa shape index (κ2) is 5.17. The summed E-state index contributed by atoms with van der Waals surface area (Å²) in [5.41, 5.74) is 0.689. The number of alkyl halides is 3. The molecule has 0 amide bonds. The first kappa shape index (κ1) is 13.2. The molecule has 0 fully saturated rings. The monoisotopic (exact) mass is 270 g/mol. The Morgan fingerprint density at radius 3 is 2.47 bits per heavy atom. The third kappa shape index (κ3) is 3.36. The SMILES string of the molecule is COc1ccc(C=NC2=NC(C(F)(F)F)N=N2)cc1. The van der Waals surface area contributed by atoms with Crippen LogP contribution < -0.4 is 4.74 Å². The molecular formula is C11H9F3N4O. The lowest BCUT2D eigenvalue weighted by Gasteiger charge is -2.05. The van der Waals surface area contributed by atoms with Crippen LogP contribution in [0.25, 0.3) is 0 Å². The molecule has 1 aromatic carbocycles. The highest BCUT2D eigenvalue weighted by Crippen LogP contribution is 2.27. The molecule has 0 saturated heterocycles. The van der Waals surface area contributed by atoms with Crippen LogP contribution in [0.3, 0.4) is 0 Å². The van der Waals surface area contributed by atoms with E-state index in [1.165, 1.54) is 13.3 Å². The zero-order valence-corrected chi connectivity index (χ0v) is 9.80. The van der Waals surface area contributed by atoms with Gasteiger partial charge in [0.25, 0.3) is 12.1 Å². The molecule has 2 rings (SSSR count). The molecule has 0 aliphatic carbocycles. The van der Waals surface area contributed by atoms with Crippen molar-refractivity contribution in [3.8, 4) is 5.75 Å². The maximum Gasteiger partial charge on any atom is 0.433 e. The molecule has 1 unspecified atom stereocenters. The second-order valence-corrected chi connectivity index (χ2v) is 3.59. The van der Waals surface area contributed by atoms with Gasteiger partial charge in [0.1, 0.15) is 5.75 Å². The smallest absolute Gasteiger partial charge is 0.433 e. The Hall–Kier alpha value is -2.25. The van der Waals surface area contributed by atoms with Crippen LogP contribution in [-0.2, 0) is 0 Å². The van der Waals surface area contributed by atoms with Crippen molar-refractivity contribution in [3.05, 3.63) is 29.8 Å². The van der Waals surface area contributed by atoms with Gasteiger partial charge in [-0.15, -0.1) is 10.2 Å². The maximum absolute atomic E-state index is 12.3. The van der Waals surface area contributed by atoms with E-state index in [1.54, 1.807) is 24.3 Å². The number of azo groups is 1. The van der Waals surface area contributed by atoms with E-state index in [9.17, 15) is 13.2 Å². The number of guanidine groups is 1. The van der Waals surface area contributed by atoms with E-state index in [0.717, 1.165) is 0 Å². The fourth-order valence-electron chi connectivity index (χ4n) is 1.29. The predicted octanol–water partition coefficient (Wildman–Crippen LogP) is 2.82. The Balaban J connectivity index is 2.05. The van der Waals surface area contributed by atoms with Gasteiger partial charge in [-0.2, -0.15) is 13.2 Å². The normalized spacial score (nSPS) is 18.9. The van der Waals surface area contributed by atoms with Crippen molar-refractivity contribution in [2.45, 2.75) is 12.3 Å². The van der Waals surface area contributed by atoms with E-state index in [0.29, 0.717) is 11.3 Å². The molecule has 0 N–H and O–H groups in total. The van der Waals surface area contributed by atoms with Gasteiger partial charge in [0, 0.05) is 6.21 Å². The van der Waals surface area contributed by atoms with Crippen LogP contribution in [-0.4, -0.2) is 31.6 Å². The minimum Gasteiger partial charge on any atom is -0.497 e. The van der Waals surface area contributed by atoms with Gasteiger partial charge in [0.15, 0.2) is 0 Å². The number of benzene rings is 1. The molecular weight excluding hydrogens is 261 g/mol. The predicted molar refractivity (Wildman–Crippen MR) is 62.7 cm³/mol. The summed E-state index contributed by atoms with van der Waals surface area (Å²) in [4.78, 5) is 6.98. The first-order valence-corrected chi connectivity index (χ1v) is 5.22. The van der Waals surface area contributed by atoms with Crippen molar-refractivity contribution in [3.63, 3.8) is 0 Å². The van der Waals surface area contributed by atoms with Crippen molar-refractivity contribution in [2.24, 2.45) is 20.2 Å². The lowest BCUT2D eigenvalue weighted by atomic mass is 10.2. The van der Waals surface area contributed by atoms with Crippen molar-refractivity contribution >= 4 is 12.2 Å². The van der Waals surface area contributed by atoms with Gasteiger partial charge in [-0.25, -0.2) is 9.98 Å². The summed E-state index contributed by atoms with van der Waals surface area (Å²) in [6, 6.07) is 6.82. The minimum absolute atomic E-state index is 0.293. The number of halogens is 3. The zero-order valence-electron chi connectivity index (χ0n) is 9.80. The molecule has 1 aromatic rings. The summed E-state index contributed by atoms with van der Waals surface area (Å²) in [5.74, 6) is 0.380. The largest absolute Gasteiger partial charge is 0.497 e. The van der Waals surface area contributed by atoms with Crippen molar-refractivity contribution in [2.75, 3.05) is 7.11 Å². The lowest BCUT2D eigenvalue weighted by Crippen LogP contribution is -2.23. The topological polar surface area (TPSA) is 58.7 Å². The summed E-state index contributed by atoms with van der Waals surface area (Å²) in [5, 5.41) is 6.26. The average Bonchev–Trinajstić information content (AvgIpc) is 2.86. The quantitative estimate of drug-likeness (QED) is 0.762. The number of ether oxygens (including phenoxy) is 1. The molecule has 1 heterocycles. The van der Waals surface area contributed by atoms with Crippen LogP contribution in [0.4, 0.5) is 13.2 Å². The number of aliphatic imine (C=N–C) groups is 2. The Bertz CT molecular complexity index is 534. The molecule has 0 bridgehead atoms. The van der Waals surface area contributed by atoms with E-state index in [2.05, 4.69) is 20.2 Å². The maximum atomic E-state index is 12.3. The van der Waals surface area contributed by atoms with Gasteiger partial charge in [0.2, 0.25) is 0 Å². The van der Waals surface area contributed by atoms with Crippen LogP contribution in [0.1, 0.15) is 5.56 Å². The molecule has 0 aromatic heterocycles. The van der Waals surface area contributed by atoms with Crippen LogP contribution in [0.2, 0.25) is 0 Å². The van der Waals surface area contributed by atoms with Crippen molar-refractivity contribution in [1.82, 2.24) is 0 Å². The van der Waals surface area contributed by atoms with Crippen molar-refractivity contribution in [1.29, 1.82) is 0 Å². The highest BCUT2D eigenvalue weighted by molar-refractivity contribution is 5.94. The van der Waals surface area contributed by atoms with Crippen molar-refractivity contribution < 1.29 is 17.9 Å². The first-order chi connectivity index (χ1) is 8.99. The number of methoxy groups -OCH3 is 1. The molecule has 1 atom stereocenters. The van der Waals surface area contributed by atoms with Gasteiger partial charge in [-0.1, -0.05) is 0 Å². The van der Waals surface area contributed by atoms with E-state index in [4.69, 9.17) is 4.74 Å². The summed E-state index contributed by atoms with van der Waals surface area (Å²) in [6.07, 6.45) is -5.31. The van der Waals surface area contributed by atoms with Gasteiger partial charge >= 0.3 is 6.18 Å². The van der Waals surface area contributed by atoms with E-state index < -0.39 is 12.3 Å². The average molecular weight is 270 g/mol. The summed E-state index contributed by atoms with van der Waals surface area (Å²) in [6.45, 7) is 0. The van der Waals surface area contributed by atoms with Gasteiger partial charge in [-0.05, 0) is 29.8 Å². The molecule has 8 heteroatoms. The summed E-state index contributed by atoms with van der Waals surface area (Å²) in [7, 11) is 1.54. The summed E-state index contributed by atoms with van der Waals surface area (Å²) >= 11 is 0. The van der Waals surface area contributed by atoms with E-state index in [-0.39, 0.29) is 5.96 Å². The molecule has 100 valence electrons. The highest BCUT2D eigenvalue weighted by atomic mass is 19.4. The molecule has 0 spiro atoms. The number of rotatable bonds is 2. The van der Waals surface area contributed by atoms with Crippen LogP contribution in [0, 0.1) is 0 Å². The molecule has 0 radical (unpaired) electrons. The molecule has 5 nitrogen and oxygen atoms in total. The molecule has 1 aliphatic heterocycles. The van der Waals surface area contributed by atoms with Crippen LogP contribution >= 0.6 is 0 Å². The fraction of sp³-hybridized carbons (Fsp3) is 0.273. The number of hydrogen-bond donors (Lipinski definition) is 0. The summed E-state index contributed by atoms with van der Waals surface area (Å²) < 4.78 is 41.7. The molecule has 0 saturated carbocycles. The second-order valence-electron chi connectivity index (χ2n) is 3.59. The van der Waals surface area contributed by atoms with E-state index >= 15 is 0 Å². The third-order valence-corrected chi connectivity index (χ3v) is 2.23. The Morgan fingerprint density at radius 1 is 1.26 bits per heavy atom. The van der Waals surface area contributed by atoms with Gasteiger partial charge in [-0.3, -0.25) is 0 Å². The first-order valence-electron chi connectivity index (χ1n) is 5.22.